The van der Waals surface area contributed by atoms with Crippen LogP contribution < -0.4 is 11.1 Å². The second-order valence-corrected chi connectivity index (χ2v) is 15.2. The molecule has 2 aliphatic carbocycles. The lowest BCUT2D eigenvalue weighted by molar-refractivity contribution is 0.592. The minimum Gasteiger partial charge on any atom is -0.289 e. The van der Waals surface area contributed by atoms with Crippen molar-refractivity contribution in [3.63, 3.8) is 0 Å². The Morgan fingerprint density at radius 2 is 1.17 bits per heavy atom. The van der Waals surface area contributed by atoms with Crippen LogP contribution in [0.4, 0.5) is 0 Å². The Balaban J connectivity index is 0.000000152. The van der Waals surface area contributed by atoms with Crippen LogP contribution in [0.5, 0.6) is 0 Å². The summed E-state index contributed by atoms with van der Waals surface area (Å²) in [5.41, 5.74) is 3.27. The van der Waals surface area contributed by atoms with Crippen molar-refractivity contribution in [3.05, 3.63) is 104 Å². The fourth-order valence-corrected chi connectivity index (χ4v) is 6.88. The molecule has 14 heteroatoms. The monoisotopic (exact) mass is 718 g/mol. The van der Waals surface area contributed by atoms with Crippen molar-refractivity contribution >= 4 is 66.9 Å². The Morgan fingerprint density at radius 3 is 1.60 bits per heavy atom. The molecule has 244 valence electrons. The Hall–Kier alpha value is -4.10. The first kappa shape index (κ1) is 32.4. The maximum atomic E-state index is 13.1. The average molecular weight is 720 g/mol. The molecule has 10 nitrogen and oxygen atoms in total. The first-order chi connectivity index (χ1) is 23.0. The number of sulfone groups is 1. The smallest absolute Gasteiger partial charge is 0.260 e. The van der Waals surface area contributed by atoms with Crippen molar-refractivity contribution in [1.82, 2.24) is 29.1 Å². The van der Waals surface area contributed by atoms with Crippen LogP contribution in [-0.2, 0) is 9.84 Å². The molecule has 0 spiro atoms. The highest BCUT2D eigenvalue weighted by atomic mass is 35.5. The van der Waals surface area contributed by atoms with E-state index in [1.165, 1.54) is 18.0 Å². The van der Waals surface area contributed by atoms with E-state index in [1.54, 1.807) is 41.1 Å². The van der Waals surface area contributed by atoms with Gasteiger partial charge in [-0.15, -0.1) is 0 Å². The van der Waals surface area contributed by atoms with Gasteiger partial charge in [0.05, 0.1) is 0 Å². The van der Waals surface area contributed by atoms with Gasteiger partial charge in [0, 0.05) is 73.8 Å². The third-order valence-corrected chi connectivity index (χ3v) is 10.2. The van der Waals surface area contributed by atoms with E-state index in [0.717, 1.165) is 42.9 Å². The van der Waals surface area contributed by atoms with E-state index in [1.807, 2.05) is 41.2 Å². The zero-order chi connectivity index (χ0) is 33.7. The van der Waals surface area contributed by atoms with E-state index < -0.39 is 9.84 Å². The number of fused-ring (bicyclic) bond motifs is 2. The highest BCUT2D eigenvalue weighted by Crippen LogP contribution is 2.38. The summed E-state index contributed by atoms with van der Waals surface area (Å²) in [5.74, 6) is 0. The van der Waals surface area contributed by atoms with Gasteiger partial charge in [0.25, 0.3) is 11.1 Å². The highest BCUT2D eigenvalue weighted by molar-refractivity contribution is 7.98. The van der Waals surface area contributed by atoms with Crippen LogP contribution >= 0.6 is 35.0 Å². The number of hydrogen-bond donors (Lipinski definition) is 0. The van der Waals surface area contributed by atoms with Crippen molar-refractivity contribution in [1.29, 1.82) is 0 Å². The topological polar surface area (TPSA) is 130 Å². The number of hydrogen-bond acceptors (Lipinski definition) is 9. The Bertz CT molecular complexity index is 2480. The summed E-state index contributed by atoms with van der Waals surface area (Å²) in [4.78, 5) is 43.1. The van der Waals surface area contributed by atoms with Crippen molar-refractivity contribution in [2.24, 2.45) is 0 Å². The van der Waals surface area contributed by atoms with Crippen LogP contribution in [0.2, 0.25) is 10.0 Å². The summed E-state index contributed by atoms with van der Waals surface area (Å²) in [7, 11) is -3.56. The van der Waals surface area contributed by atoms with Gasteiger partial charge >= 0.3 is 0 Å². The second-order valence-electron chi connectivity index (χ2n) is 11.7. The fraction of sp³-hybridized carbons (Fsp3) is 0.235. The van der Waals surface area contributed by atoms with Crippen molar-refractivity contribution in [2.45, 2.75) is 48.1 Å². The van der Waals surface area contributed by atoms with E-state index in [-0.39, 0.29) is 28.4 Å². The number of rotatable bonds is 6. The molecule has 6 aromatic rings. The molecule has 2 aliphatic rings. The van der Waals surface area contributed by atoms with Crippen LogP contribution in [0.1, 0.15) is 37.8 Å². The van der Waals surface area contributed by atoms with Crippen molar-refractivity contribution in [2.75, 3.05) is 12.5 Å². The summed E-state index contributed by atoms with van der Waals surface area (Å²) < 4.78 is 26.9. The molecule has 2 saturated carbocycles. The Kier molecular flexibility index (Phi) is 8.61. The van der Waals surface area contributed by atoms with E-state index >= 15 is 0 Å². The van der Waals surface area contributed by atoms with Gasteiger partial charge in [-0.25, -0.2) is 23.4 Å². The number of thioether (sulfide) groups is 1. The molecule has 8 rings (SSSR count). The molecule has 0 N–H and O–H groups in total. The SMILES string of the molecule is CS(=O)(=O)c1ncc2cc(-c3ccccc3Cl)c(=O)n(C3CC3)c2n1.CSc1ncc2cc(-c3ccccc3Cl)c(=O)n(C3CC3)c2n1. The van der Waals surface area contributed by atoms with Crippen LogP contribution in [-0.4, -0.2) is 50.0 Å². The number of halogens is 2. The van der Waals surface area contributed by atoms with E-state index in [9.17, 15) is 18.0 Å². The van der Waals surface area contributed by atoms with Gasteiger partial charge < -0.3 is 0 Å². The van der Waals surface area contributed by atoms with Crippen LogP contribution in [0, 0.1) is 0 Å². The van der Waals surface area contributed by atoms with Crippen molar-refractivity contribution in [3.8, 4) is 22.3 Å². The van der Waals surface area contributed by atoms with E-state index in [0.29, 0.717) is 48.6 Å². The van der Waals surface area contributed by atoms with Crippen LogP contribution in [0.15, 0.2) is 93.0 Å². The third kappa shape index (κ3) is 6.25. The summed E-state index contributed by atoms with van der Waals surface area (Å²) in [6, 6.07) is 18.3. The summed E-state index contributed by atoms with van der Waals surface area (Å²) >= 11 is 14.0. The van der Waals surface area contributed by atoms with Gasteiger partial charge in [0.1, 0.15) is 11.3 Å². The lowest BCUT2D eigenvalue weighted by Gasteiger charge is -2.12. The highest BCUT2D eigenvalue weighted by Gasteiger charge is 2.30. The third-order valence-electron chi connectivity index (χ3n) is 8.17. The number of pyridine rings is 2. The first-order valence-corrected chi connectivity index (χ1v) is 19.0. The Labute approximate surface area is 289 Å². The van der Waals surface area contributed by atoms with E-state index in [4.69, 9.17) is 23.2 Å². The second kappa shape index (κ2) is 12.7. The van der Waals surface area contributed by atoms with Crippen LogP contribution in [0.3, 0.4) is 0 Å². The van der Waals surface area contributed by atoms with Gasteiger partial charge in [0.15, 0.2) is 5.16 Å². The van der Waals surface area contributed by atoms with Gasteiger partial charge in [0.2, 0.25) is 15.0 Å². The fourth-order valence-electron chi connectivity index (χ4n) is 5.57. The average Bonchev–Trinajstić information content (AvgIpc) is 4.00. The van der Waals surface area contributed by atoms with Gasteiger partial charge in [-0.1, -0.05) is 71.4 Å². The summed E-state index contributed by atoms with van der Waals surface area (Å²) in [6.07, 6.45) is 9.95. The number of aromatic nitrogens is 6. The molecule has 0 unspecified atom stereocenters. The largest absolute Gasteiger partial charge is 0.289 e. The molecule has 2 aromatic carbocycles. The molecule has 48 heavy (non-hydrogen) atoms. The molecule has 0 aliphatic heterocycles. The molecule has 4 heterocycles. The van der Waals surface area contributed by atoms with Crippen molar-refractivity contribution < 1.29 is 8.42 Å². The molecular formula is C34H28Cl2N6O4S2. The maximum absolute atomic E-state index is 13.1. The maximum Gasteiger partial charge on any atom is 0.260 e. The van der Waals surface area contributed by atoms with E-state index in [2.05, 4.69) is 19.9 Å². The zero-order valence-electron chi connectivity index (χ0n) is 25.8. The predicted molar refractivity (Wildman–Crippen MR) is 190 cm³/mol. The predicted octanol–water partition coefficient (Wildman–Crippen LogP) is 7.02. The molecule has 0 atom stereocenters. The summed E-state index contributed by atoms with van der Waals surface area (Å²) in [6.45, 7) is 0. The molecule has 0 amide bonds. The minimum atomic E-state index is -3.56. The molecule has 0 saturated heterocycles. The quantitative estimate of drug-likeness (QED) is 0.132. The minimum absolute atomic E-state index is 0.0275. The lowest BCUT2D eigenvalue weighted by atomic mass is 10.1. The standard InChI is InChI=1S/C17H14ClN3O3S.C17H14ClN3OS/c1-25(23,24)17-19-9-10-8-13(12-4-2-3-5-14(12)18)16(22)21(11-6-7-11)15(10)20-17;1-23-17-19-9-10-8-13(12-4-2-3-5-14(12)18)16(22)21(11-6-7-11)15(10)20-17/h2-5,8-9,11H,6-7H2,1H3;2-5,8-9,11H,6-7H2,1H3. The molecular weight excluding hydrogens is 691 g/mol. The normalized spacial score (nSPS) is 14.6. The zero-order valence-corrected chi connectivity index (χ0v) is 28.9. The van der Waals surface area contributed by atoms with Gasteiger partial charge in [-0.05, 0) is 56.2 Å². The molecule has 2 fully saturated rings. The molecule has 0 bridgehead atoms. The van der Waals surface area contributed by atoms with Crippen LogP contribution in [0.25, 0.3) is 44.3 Å². The van der Waals surface area contributed by atoms with Gasteiger partial charge in [-0.3, -0.25) is 18.7 Å². The molecule has 4 aromatic heterocycles. The first-order valence-electron chi connectivity index (χ1n) is 15.1. The Morgan fingerprint density at radius 1 is 0.708 bits per heavy atom. The number of benzene rings is 2. The lowest BCUT2D eigenvalue weighted by Crippen LogP contribution is -2.23. The summed E-state index contributed by atoms with van der Waals surface area (Å²) in [5, 5.41) is 2.93. The molecule has 0 radical (unpaired) electrons. The van der Waals surface area contributed by atoms with Gasteiger partial charge in [-0.2, -0.15) is 4.98 Å². The number of nitrogens with zero attached hydrogens (tertiary/aromatic N) is 6.